The van der Waals surface area contributed by atoms with Gasteiger partial charge in [-0.1, -0.05) is 68.5 Å². The maximum atomic E-state index is 3.97. The zero-order chi connectivity index (χ0) is 11.4. The number of rotatable bonds is 3. The van der Waals surface area contributed by atoms with Crippen LogP contribution in [0.25, 0.3) is 5.57 Å². The van der Waals surface area contributed by atoms with E-state index < -0.39 is 0 Å². The van der Waals surface area contributed by atoms with Gasteiger partial charge < -0.3 is 0 Å². The van der Waals surface area contributed by atoms with Crippen LogP contribution in [-0.4, -0.2) is 0 Å². The van der Waals surface area contributed by atoms with Gasteiger partial charge in [0, 0.05) is 0 Å². The summed E-state index contributed by atoms with van der Waals surface area (Å²) in [7, 11) is 0. The second-order valence-electron chi connectivity index (χ2n) is 5.19. The minimum Gasteiger partial charge on any atom is -0.0955 e. The predicted octanol–water partition coefficient (Wildman–Crippen LogP) is 4.84. The summed E-state index contributed by atoms with van der Waals surface area (Å²) in [5, 5.41) is 0. The van der Waals surface area contributed by atoms with Gasteiger partial charge in [-0.15, -0.1) is 0 Å². The fraction of sp³-hybridized carbons (Fsp3) is 0.500. The molecule has 0 bridgehead atoms. The van der Waals surface area contributed by atoms with Gasteiger partial charge in [0.2, 0.25) is 0 Å². The third-order valence-corrected chi connectivity index (χ3v) is 3.70. The molecule has 0 aliphatic heterocycles. The summed E-state index contributed by atoms with van der Waals surface area (Å²) < 4.78 is 0. The molecule has 1 aliphatic carbocycles. The van der Waals surface area contributed by atoms with Crippen LogP contribution in [0.5, 0.6) is 0 Å². The van der Waals surface area contributed by atoms with E-state index in [9.17, 15) is 0 Å². The first kappa shape index (κ1) is 11.4. The lowest BCUT2D eigenvalue weighted by Crippen LogP contribution is -2.09. The zero-order valence-electron chi connectivity index (χ0n) is 10.3. The molecule has 1 aliphatic rings. The van der Waals surface area contributed by atoms with Gasteiger partial charge in [0.25, 0.3) is 0 Å². The van der Waals surface area contributed by atoms with Crippen molar-refractivity contribution < 1.29 is 0 Å². The van der Waals surface area contributed by atoms with E-state index in [1.54, 1.807) is 0 Å². The summed E-state index contributed by atoms with van der Waals surface area (Å²) in [4.78, 5) is 0. The second-order valence-corrected chi connectivity index (χ2v) is 5.19. The maximum absolute atomic E-state index is 3.97. The van der Waals surface area contributed by atoms with E-state index in [0.717, 1.165) is 11.5 Å². The summed E-state index contributed by atoms with van der Waals surface area (Å²) in [5.41, 5.74) is 3.92. The summed E-state index contributed by atoms with van der Waals surface area (Å²) in [6, 6.07) is 8.97. The molecule has 0 nitrogen and oxygen atoms in total. The molecule has 16 heavy (non-hydrogen) atoms. The van der Waals surface area contributed by atoms with Crippen molar-refractivity contribution >= 4 is 5.57 Å². The first-order valence-corrected chi connectivity index (χ1v) is 6.50. The van der Waals surface area contributed by atoms with Crippen LogP contribution in [0, 0.1) is 5.92 Å². The highest BCUT2D eigenvalue weighted by Crippen LogP contribution is 2.27. The van der Waals surface area contributed by atoms with E-state index in [1.807, 2.05) is 0 Å². The van der Waals surface area contributed by atoms with E-state index in [4.69, 9.17) is 0 Å². The smallest absolute Gasteiger partial charge is 0.0233 e. The highest BCUT2D eigenvalue weighted by Gasteiger charge is 2.13. The summed E-state index contributed by atoms with van der Waals surface area (Å²) in [5.74, 6) is 0.935. The fourth-order valence-electron chi connectivity index (χ4n) is 2.65. The minimum atomic E-state index is 0.935. The Morgan fingerprint density at radius 3 is 2.31 bits per heavy atom. The Balaban J connectivity index is 1.96. The predicted molar refractivity (Wildman–Crippen MR) is 71.4 cm³/mol. The van der Waals surface area contributed by atoms with Crippen molar-refractivity contribution in [2.75, 3.05) is 0 Å². The van der Waals surface area contributed by atoms with Gasteiger partial charge in [0.05, 0.1) is 0 Å². The molecule has 0 radical (unpaired) electrons. The number of allylic oxidation sites excluding steroid dienone is 1. The van der Waals surface area contributed by atoms with Gasteiger partial charge in [-0.3, -0.25) is 0 Å². The molecule has 1 aromatic carbocycles. The third kappa shape index (κ3) is 2.98. The van der Waals surface area contributed by atoms with Gasteiger partial charge in [0.1, 0.15) is 0 Å². The van der Waals surface area contributed by atoms with Crippen LogP contribution in [0.3, 0.4) is 0 Å². The molecule has 0 heteroatoms. The fourth-order valence-corrected chi connectivity index (χ4v) is 2.65. The molecule has 0 N–H and O–H groups in total. The molecule has 0 amide bonds. The van der Waals surface area contributed by atoms with Crippen LogP contribution in [0.4, 0.5) is 0 Å². The average molecular weight is 214 g/mol. The maximum Gasteiger partial charge on any atom is -0.0233 e. The van der Waals surface area contributed by atoms with Gasteiger partial charge in [-0.05, 0) is 30.4 Å². The molecule has 0 saturated heterocycles. The lowest BCUT2D eigenvalue weighted by molar-refractivity contribution is 0.356. The van der Waals surface area contributed by atoms with Gasteiger partial charge in [-0.25, -0.2) is 0 Å². The number of hydrogen-bond donors (Lipinski definition) is 0. The molecule has 0 aromatic heterocycles. The van der Waals surface area contributed by atoms with Gasteiger partial charge in [0.15, 0.2) is 0 Å². The molecule has 0 spiro atoms. The van der Waals surface area contributed by atoms with E-state index in [-0.39, 0.29) is 0 Å². The topological polar surface area (TPSA) is 0 Å². The standard InChI is InChI=1S/C16H22/c1-13(2)16-10-8-15(9-11-16)12-14-6-4-3-5-7-14/h8-11,14H,1,3-7,12H2,2H3. The van der Waals surface area contributed by atoms with E-state index in [1.165, 1.54) is 49.7 Å². The SMILES string of the molecule is C=C(C)c1ccc(CC2CCCCC2)cc1. The van der Waals surface area contributed by atoms with E-state index >= 15 is 0 Å². The molecular formula is C16H22. The summed E-state index contributed by atoms with van der Waals surface area (Å²) >= 11 is 0. The third-order valence-electron chi connectivity index (χ3n) is 3.70. The highest BCUT2D eigenvalue weighted by atomic mass is 14.2. The summed E-state index contributed by atoms with van der Waals surface area (Å²) in [6.07, 6.45) is 8.47. The number of hydrogen-bond acceptors (Lipinski definition) is 0. The normalized spacial score (nSPS) is 17.3. The Labute approximate surface area is 99.4 Å². The molecule has 0 heterocycles. The van der Waals surface area contributed by atoms with Crippen LogP contribution in [0.1, 0.15) is 50.2 Å². The van der Waals surface area contributed by atoms with Crippen LogP contribution >= 0.6 is 0 Å². The van der Waals surface area contributed by atoms with Crippen molar-refractivity contribution in [2.24, 2.45) is 5.92 Å². The molecule has 86 valence electrons. The van der Waals surface area contributed by atoms with Crippen LogP contribution in [0.2, 0.25) is 0 Å². The first-order valence-electron chi connectivity index (χ1n) is 6.50. The first-order chi connectivity index (χ1) is 7.75. The van der Waals surface area contributed by atoms with E-state index in [2.05, 4.69) is 37.8 Å². The van der Waals surface area contributed by atoms with E-state index in [0.29, 0.717) is 0 Å². The van der Waals surface area contributed by atoms with Gasteiger partial charge >= 0.3 is 0 Å². The molecule has 1 saturated carbocycles. The second kappa shape index (κ2) is 5.34. The Hall–Kier alpha value is -1.04. The van der Waals surface area contributed by atoms with Crippen molar-refractivity contribution in [1.82, 2.24) is 0 Å². The Bertz CT molecular complexity index is 339. The van der Waals surface area contributed by atoms with Crippen molar-refractivity contribution in [3.05, 3.63) is 42.0 Å². The Morgan fingerprint density at radius 1 is 1.12 bits per heavy atom. The van der Waals surface area contributed by atoms with Gasteiger partial charge in [-0.2, -0.15) is 0 Å². The largest absolute Gasteiger partial charge is 0.0955 e. The Morgan fingerprint density at radius 2 is 1.75 bits per heavy atom. The molecule has 1 aromatic rings. The van der Waals surface area contributed by atoms with Crippen LogP contribution < -0.4 is 0 Å². The average Bonchev–Trinajstić information content (AvgIpc) is 2.31. The zero-order valence-corrected chi connectivity index (χ0v) is 10.3. The molecule has 2 rings (SSSR count). The monoisotopic (exact) mass is 214 g/mol. The Kier molecular flexibility index (Phi) is 3.82. The molecule has 0 unspecified atom stereocenters. The number of benzene rings is 1. The van der Waals surface area contributed by atoms with Crippen molar-refractivity contribution in [1.29, 1.82) is 0 Å². The molecular weight excluding hydrogens is 192 g/mol. The van der Waals surface area contributed by atoms with Crippen LogP contribution in [0.15, 0.2) is 30.8 Å². The lowest BCUT2D eigenvalue weighted by atomic mass is 9.85. The summed E-state index contributed by atoms with van der Waals surface area (Å²) in [6.45, 7) is 6.04. The lowest BCUT2D eigenvalue weighted by Gasteiger charge is -2.21. The van der Waals surface area contributed by atoms with Crippen molar-refractivity contribution in [3.63, 3.8) is 0 Å². The van der Waals surface area contributed by atoms with Crippen molar-refractivity contribution in [2.45, 2.75) is 45.4 Å². The highest BCUT2D eigenvalue weighted by molar-refractivity contribution is 5.61. The molecule has 1 fully saturated rings. The molecule has 0 atom stereocenters. The van der Waals surface area contributed by atoms with Crippen molar-refractivity contribution in [3.8, 4) is 0 Å². The minimum absolute atomic E-state index is 0.935. The van der Waals surface area contributed by atoms with Crippen LogP contribution in [-0.2, 0) is 6.42 Å². The quantitative estimate of drug-likeness (QED) is 0.675.